The topological polar surface area (TPSA) is 101 Å². The van der Waals surface area contributed by atoms with E-state index in [-0.39, 0.29) is 19.3 Å². The van der Waals surface area contributed by atoms with Gasteiger partial charge in [0, 0.05) is 49.0 Å². The molecular formula is C33H34ClFN6O3. The Morgan fingerprint density at radius 3 is 2.41 bits per heavy atom. The van der Waals surface area contributed by atoms with E-state index in [4.69, 9.17) is 16.3 Å². The quantitative estimate of drug-likeness (QED) is 0.271. The standard InChI is InChI=1S/C33H34ClFN6O3/c1-21-30(40(2)20-37-21)22-3-6-26(7-4-22)38-31(42)28(39-32(43)33(35)10-11-33)18-25-17-23(5-8-27(25)34)24-9-12-36-29(19-24)41-13-15-44-16-14-41/h3-9,12,17,19-20,28H,10-11,13-16,18H2,1-2H3,(H,38,42)(H,39,43)/t28-/m0/s1. The summed E-state index contributed by atoms with van der Waals surface area (Å²) in [6.45, 7) is 4.77. The summed E-state index contributed by atoms with van der Waals surface area (Å²) in [6, 6.07) is 15.8. The number of carbonyl (C=O) groups is 2. The molecule has 0 bridgehead atoms. The third-order valence-electron chi connectivity index (χ3n) is 8.15. The van der Waals surface area contributed by atoms with Gasteiger partial charge >= 0.3 is 0 Å². The van der Waals surface area contributed by atoms with Crippen LogP contribution in [0, 0.1) is 6.92 Å². The summed E-state index contributed by atoms with van der Waals surface area (Å²) < 4.78 is 22.1. The van der Waals surface area contributed by atoms with Crippen LogP contribution in [0.5, 0.6) is 0 Å². The maximum atomic E-state index is 14.7. The summed E-state index contributed by atoms with van der Waals surface area (Å²) in [5, 5.41) is 5.98. The molecule has 2 amide bonds. The number of hydrogen-bond donors (Lipinski definition) is 2. The molecule has 2 fully saturated rings. The average molecular weight is 617 g/mol. The molecule has 1 aliphatic carbocycles. The number of aryl methyl sites for hydroxylation is 2. The number of ether oxygens (including phenoxy) is 1. The summed E-state index contributed by atoms with van der Waals surface area (Å²) in [4.78, 5) is 37.4. The van der Waals surface area contributed by atoms with Gasteiger partial charge in [-0.1, -0.05) is 29.8 Å². The lowest BCUT2D eigenvalue weighted by atomic mass is 9.99. The van der Waals surface area contributed by atoms with E-state index in [0.29, 0.717) is 29.5 Å². The van der Waals surface area contributed by atoms with Gasteiger partial charge in [-0.2, -0.15) is 0 Å². The first-order chi connectivity index (χ1) is 21.2. The molecule has 2 aromatic heterocycles. The van der Waals surface area contributed by atoms with Crippen LogP contribution >= 0.6 is 11.6 Å². The molecule has 0 unspecified atom stereocenters. The number of benzene rings is 2. The van der Waals surface area contributed by atoms with E-state index >= 15 is 0 Å². The zero-order valence-electron chi connectivity index (χ0n) is 24.6. The zero-order chi connectivity index (χ0) is 30.8. The predicted octanol–water partition coefficient (Wildman–Crippen LogP) is 5.12. The molecule has 44 heavy (non-hydrogen) atoms. The number of aromatic nitrogens is 3. The summed E-state index contributed by atoms with van der Waals surface area (Å²) in [7, 11) is 1.92. The van der Waals surface area contributed by atoms with Crippen molar-refractivity contribution >= 4 is 34.9 Å². The number of halogens is 2. The first kappa shape index (κ1) is 29.8. The highest BCUT2D eigenvalue weighted by atomic mass is 35.5. The number of imidazole rings is 1. The van der Waals surface area contributed by atoms with Crippen molar-refractivity contribution in [1.82, 2.24) is 19.9 Å². The van der Waals surface area contributed by atoms with Gasteiger partial charge in [-0.15, -0.1) is 0 Å². The zero-order valence-corrected chi connectivity index (χ0v) is 25.4. The monoisotopic (exact) mass is 616 g/mol. The average Bonchev–Trinajstić information content (AvgIpc) is 3.71. The van der Waals surface area contributed by atoms with E-state index in [2.05, 4.69) is 25.5 Å². The third kappa shape index (κ3) is 6.46. The molecule has 9 nitrogen and oxygen atoms in total. The van der Waals surface area contributed by atoms with Gasteiger partial charge in [0.15, 0.2) is 5.67 Å². The third-order valence-corrected chi connectivity index (χ3v) is 8.52. The smallest absolute Gasteiger partial charge is 0.258 e. The Kier molecular flexibility index (Phi) is 8.38. The molecule has 1 saturated heterocycles. The number of nitrogens with zero attached hydrogens (tertiary/aromatic N) is 4. The fraction of sp³-hybridized carbons (Fsp3) is 0.333. The molecule has 1 aliphatic heterocycles. The van der Waals surface area contributed by atoms with Crippen molar-refractivity contribution in [3.63, 3.8) is 0 Å². The van der Waals surface area contributed by atoms with Crippen molar-refractivity contribution in [1.29, 1.82) is 0 Å². The molecule has 0 radical (unpaired) electrons. The minimum Gasteiger partial charge on any atom is -0.378 e. The Labute approximate surface area is 260 Å². The van der Waals surface area contributed by atoms with Crippen molar-refractivity contribution < 1.29 is 18.7 Å². The lowest BCUT2D eigenvalue weighted by Gasteiger charge is -2.28. The van der Waals surface area contributed by atoms with Crippen molar-refractivity contribution in [2.75, 3.05) is 36.5 Å². The van der Waals surface area contributed by atoms with Crippen LogP contribution in [0.4, 0.5) is 15.9 Å². The fourth-order valence-corrected chi connectivity index (χ4v) is 5.62. The van der Waals surface area contributed by atoms with Gasteiger partial charge in [-0.25, -0.2) is 14.4 Å². The molecule has 1 saturated carbocycles. The maximum Gasteiger partial charge on any atom is 0.258 e. The number of anilines is 2. The maximum absolute atomic E-state index is 14.7. The number of pyridine rings is 1. The second-order valence-electron chi connectivity index (χ2n) is 11.4. The van der Waals surface area contributed by atoms with Gasteiger partial charge in [0.2, 0.25) is 5.91 Å². The van der Waals surface area contributed by atoms with Crippen molar-refractivity contribution in [2.45, 2.75) is 37.9 Å². The summed E-state index contributed by atoms with van der Waals surface area (Å²) in [6.07, 6.45) is 3.89. The number of nitrogens with one attached hydrogen (secondary N) is 2. The minimum atomic E-state index is -1.93. The first-order valence-corrected chi connectivity index (χ1v) is 15.0. The van der Waals surface area contributed by atoms with Crippen molar-refractivity contribution in [3.8, 4) is 22.4 Å². The molecule has 4 aromatic rings. The van der Waals surface area contributed by atoms with Gasteiger partial charge in [0.25, 0.3) is 5.91 Å². The van der Waals surface area contributed by atoms with Gasteiger partial charge in [-0.3, -0.25) is 9.59 Å². The highest BCUT2D eigenvalue weighted by Gasteiger charge is 2.51. The molecule has 228 valence electrons. The molecule has 2 aromatic carbocycles. The van der Waals surface area contributed by atoms with Gasteiger partial charge < -0.3 is 24.8 Å². The van der Waals surface area contributed by atoms with Crippen LogP contribution in [0.3, 0.4) is 0 Å². The SMILES string of the molecule is Cc1ncn(C)c1-c1ccc(NC(=O)[C@H](Cc2cc(-c3ccnc(N4CCOCC4)c3)ccc2Cl)NC(=O)C2(F)CC2)cc1. The molecular weight excluding hydrogens is 583 g/mol. The van der Waals surface area contributed by atoms with Gasteiger partial charge in [0.05, 0.1) is 30.9 Å². The van der Waals surface area contributed by atoms with E-state index in [1.54, 1.807) is 30.7 Å². The molecule has 2 N–H and O–H groups in total. The second-order valence-corrected chi connectivity index (χ2v) is 11.8. The van der Waals surface area contributed by atoms with Crippen molar-refractivity contribution in [2.24, 2.45) is 7.05 Å². The normalized spacial score (nSPS) is 16.3. The number of alkyl halides is 1. The van der Waals surface area contributed by atoms with Crippen LogP contribution in [-0.4, -0.2) is 64.4 Å². The number of amides is 2. The highest BCUT2D eigenvalue weighted by molar-refractivity contribution is 6.31. The predicted molar refractivity (Wildman–Crippen MR) is 168 cm³/mol. The molecule has 3 heterocycles. The van der Waals surface area contributed by atoms with E-state index in [1.165, 1.54) is 0 Å². The molecule has 2 aliphatic rings. The van der Waals surface area contributed by atoms with E-state index < -0.39 is 23.5 Å². The Morgan fingerprint density at radius 2 is 1.73 bits per heavy atom. The van der Waals surface area contributed by atoms with E-state index in [0.717, 1.165) is 47.0 Å². The van der Waals surface area contributed by atoms with Crippen LogP contribution in [0.2, 0.25) is 5.02 Å². The molecule has 1 atom stereocenters. The van der Waals surface area contributed by atoms with Crippen LogP contribution in [0.15, 0.2) is 67.1 Å². The second kappa shape index (κ2) is 12.4. The molecule has 6 rings (SSSR count). The molecule has 11 heteroatoms. The summed E-state index contributed by atoms with van der Waals surface area (Å²) in [5.41, 5.74) is 3.93. The summed E-state index contributed by atoms with van der Waals surface area (Å²) >= 11 is 6.62. The van der Waals surface area contributed by atoms with Gasteiger partial charge in [0.1, 0.15) is 11.9 Å². The number of hydrogen-bond acceptors (Lipinski definition) is 6. The Hall–Kier alpha value is -4.28. The van der Waals surface area contributed by atoms with Crippen LogP contribution in [-0.2, 0) is 27.8 Å². The number of rotatable bonds is 9. The lowest BCUT2D eigenvalue weighted by Crippen LogP contribution is -2.48. The Bertz CT molecular complexity index is 1660. The highest BCUT2D eigenvalue weighted by Crippen LogP contribution is 2.40. The summed E-state index contributed by atoms with van der Waals surface area (Å²) in [5.74, 6) is -0.391. The van der Waals surface area contributed by atoms with E-state index in [1.807, 2.05) is 54.9 Å². The van der Waals surface area contributed by atoms with Crippen LogP contribution in [0.25, 0.3) is 22.4 Å². The van der Waals surface area contributed by atoms with Gasteiger partial charge in [-0.05, 0) is 72.9 Å². The van der Waals surface area contributed by atoms with E-state index in [9.17, 15) is 14.0 Å². The minimum absolute atomic E-state index is 0.0774. The first-order valence-electron chi connectivity index (χ1n) is 14.7. The van der Waals surface area contributed by atoms with Crippen LogP contribution in [0.1, 0.15) is 24.1 Å². The largest absolute Gasteiger partial charge is 0.378 e. The number of carbonyl (C=O) groups excluding carboxylic acids is 2. The lowest BCUT2D eigenvalue weighted by molar-refractivity contribution is -0.131. The van der Waals surface area contributed by atoms with Crippen LogP contribution < -0.4 is 15.5 Å². The Balaban J connectivity index is 1.23. The van der Waals surface area contributed by atoms with Crippen molar-refractivity contribution in [3.05, 3.63) is 83.4 Å². The fourth-order valence-electron chi connectivity index (χ4n) is 5.43. The molecule has 0 spiro atoms. The number of morpholine rings is 1. The Morgan fingerprint density at radius 1 is 1.02 bits per heavy atom.